The van der Waals surface area contributed by atoms with Gasteiger partial charge in [-0.15, -0.1) is 0 Å². The number of rotatable bonds is 2. The average molecular weight is 161 g/mol. The largest absolute Gasteiger partial charge is 0.379 e. The van der Waals surface area contributed by atoms with Crippen LogP contribution in [0, 0.1) is 6.08 Å². The van der Waals surface area contributed by atoms with E-state index in [9.17, 15) is 8.78 Å². The minimum atomic E-state index is -2.80. The van der Waals surface area contributed by atoms with Crippen molar-refractivity contribution in [3.8, 4) is 0 Å². The Labute approximate surface area is 62.4 Å². The number of aliphatic hydroxyl groups is 1. The van der Waals surface area contributed by atoms with Crippen LogP contribution in [0.15, 0.2) is 11.2 Å². The highest BCUT2D eigenvalue weighted by atomic mass is 19.3. The topological polar surface area (TPSA) is 44.6 Å². The van der Waals surface area contributed by atoms with Gasteiger partial charge in [-0.3, -0.25) is 0 Å². The number of hydrogen-bond donors (Lipinski definition) is 2. The van der Waals surface area contributed by atoms with Crippen molar-refractivity contribution in [1.82, 2.24) is 5.32 Å². The third-order valence-electron chi connectivity index (χ3n) is 1.19. The lowest BCUT2D eigenvalue weighted by Crippen LogP contribution is -2.40. The van der Waals surface area contributed by atoms with E-state index in [0.29, 0.717) is 6.54 Å². The summed E-state index contributed by atoms with van der Waals surface area (Å²) in [5, 5.41) is 11.2. The van der Waals surface area contributed by atoms with Gasteiger partial charge in [0.05, 0.1) is 0 Å². The predicted octanol–water partition coefficient (Wildman–Crippen LogP) is -0.0690. The van der Waals surface area contributed by atoms with Gasteiger partial charge in [0, 0.05) is 12.7 Å². The fourth-order valence-corrected chi connectivity index (χ4v) is 0.648. The maximum absolute atomic E-state index is 11.8. The molecule has 1 heterocycles. The van der Waals surface area contributed by atoms with Crippen molar-refractivity contribution in [2.45, 2.75) is 12.5 Å². The van der Waals surface area contributed by atoms with Crippen LogP contribution < -0.4 is 5.32 Å². The minimum Gasteiger partial charge on any atom is -0.379 e. The lowest BCUT2D eigenvalue weighted by Gasteiger charge is -2.14. The van der Waals surface area contributed by atoms with E-state index in [0.717, 1.165) is 0 Å². The van der Waals surface area contributed by atoms with Gasteiger partial charge in [-0.1, -0.05) is 0 Å². The summed E-state index contributed by atoms with van der Waals surface area (Å²) in [6.45, 7) is 0.308. The maximum atomic E-state index is 11.8. The first kappa shape index (κ1) is 8.13. The molecule has 1 aliphatic rings. The average Bonchev–Trinajstić information content (AvgIpc) is 2.05. The van der Waals surface area contributed by atoms with Crippen LogP contribution in [0.4, 0.5) is 8.78 Å². The molecule has 1 rings (SSSR count). The third-order valence-corrected chi connectivity index (χ3v) is 1.19. The molecule has 2 N–H and O–H groups in total. The summed E-state index contributed by atoms with van der Waals surface area (Å²) in [5.74, 6) is -0.0984. The van der Waals surface area contributed by atoms with Crippen molar-refractivity contribution < 1.29 is 13.9 Å². The van der Waals surface area contributed by atoms with E-state index in [1.807, 2.05) is 0 Å². The molecule has 0 amide bonds. The molecule has 0 aromatic heterocycles. The summed E-state index contributed by atoms with van der Waals surface area (Å²) in [4.78, 5) is 3.49. The van der Waals surface area contributed by atoms with E-state index in [-0.39, 0.29) is 5.84 Å². The van der Waals surface area contributed by atoms with Crippen molar-refractivity contribution in [2.24, 2.45) is 4.99 Å². The Hall–Kier alpha value is -0.970. The van der Waals surface area contributed by atoms with Crippen molar-refractivity contribution in [3.63, 3.8) is 0 Å². The van der Waals surface area contributed by atoms with E-state index in [1.165, 1.54) is 6.20 Å². The summed E-state index contributed by atoms with van der Waals surface area (Å²) < 4.78 is 23.6. The van der Waals surface area contributed by atoms with Crippen LogP contribution in [0.2, 0.25) is 0 Å². The number of aliphatic hydroxyl groups excluding tert-OH is 1. The minimum absolute atomic E-state index is 0.0984. The van der Waals surface area contributed by atoms with Gasteiger partial charge in [-0.05, 0) is 6.08 Å². The van der Waals surface area contributed by atoms with Crippen LogP contribution in [-0.4, -0.2) is 30.0 Å². The second kappa shape index (κ2) is 3.43. The molecular formula is C6H7F2N2O. The van der Waals surface area contributed by atoms with Gasteiger partial charge < -0.3 is 10.4 Å². The van der Waals surface area contributed by atoms with Gasteiger partial charge in [0.25, 0.3) is 6.43 Å². The summed E-state index contributed by atoms with van der Waals surface area (Å²) in [7, 11) is 0. The van der Waals surface area contributed by atoms with Crippen molar-refractivity contribution in [2.75, 3.05) is 6.54 Å². The van der Waals surface area contributed by atoms with Crippen molar-refractivity contribution in [1.29, 1.82) is 0 Å². The lowest BCUT2D eigenvalue weighted by molar-refractivity contribution is 0.0334. The molecule has 0 aliphatic carbocycles. The standard InChI is InChI=1S/C6H7F2N2O/c7-5(8)4(11)6-9-2-1-3-10-6/h2,4-5,11H,3H2,(H,9,10). The highest BCUT2D eigenvalue weighted by molar-refractivity contribution is 5.87. The lowest BCUT2D eigenvalue weighted by atomic mass is 10.3. The number of nitrogens with zero attached hydrogens (tertiary/aromatic N) is 1. The molecule has 3 nitrogen and oxygen atoms in total. The summed E-state index contributed by atoms with van der Waals surface area (Å²) in [5.41, 5.74) is 0. The Balaban J connectivity index is 2.58. The SMILES string of the molecule is OC(C1=NC=[C]CN1)C(F)F. The van der Waals surface area contributed by atoms with Gasteiger partial charge in [0.1, 0.15) is 5.84 Å². The molecule has 0 fully saturated rings. The zero-order chi connectivity index (χ0) is 8.27. The number of alkyl halides is 2. The second-order valence-corrected chi connectivity index (χ2v) is 1.98. The molecule has 0 bridgehead atoms. The van der Waals surface area contributed by atoms with E-state index in [2.05, 4.69) is 16.4 Å². The number of nitrogens with one attached hydrogen (secondary N) is 1. The first-order valence-electron chi connectivity index (χ1n) is 3.04. The molecule has 0 saturated heterocycles. The van der Waals surface area contributed by atoms with E-state index >= 15 is 0 Å². The van der Waals surface area contributed by atoms with Crippen molar-refractivity contribution in [3.05, 3.63) is 12.3 Å². The number of amidine groups is 1. The first-order valence-corrected chi connectivity index (χ1v) is 3.04. The van der Waals surface area contributed by atoms with Crippen LogP contribution in [0.5, 0.6) is 0 Å². The van der Waals surface area contributed by atoms with E-state index in [4.69, 9.17) is 5.11 Å². The normalized spacial score (nSPS) is 19.5. The van der Waals surface area contributed by atoms with Crippen molar-refractivity contribution >= 4 is 5.84 Å². The van der Waals surface area contributed by atoms with Crippen LogP contribution in [-0.2, 0) is 0 Å². The molecular weight excluding hydrogens is 154 g/mol. The fraction of sp³-hybridized carbons (Fsp3) is 0.500. The monoisotopic (exact) mass is 161 g/mol. The van der Waals surface area contributed by atoms with Gasteiger partial charge >= 0.3 is 0 Å². The van der Waals surface area contributed by atoms with Gasteiger partial charge in [-0.25, -0.2) is 13.8 Å². The molecule has 61 valence electrons. The highest BCUT2D eigenvalue weighted by Crippen LogP contribution is 2.02. The second-order valence-electron chi connectivity index (χ2n) is 1.98. The summed E-state index contributed by atoms with van der Waals surface area (Å²) in [6.07, 6.45) is -0.720. The van der Waals surface area contributed by atoms with Gasteiger partial charge in [-0.2, -0.15) is 0 Å². The Bertz CT molecular complexity index is 191. The van der Waals surface area contributed by atoms with Gasteiger partial charge in [0.2, 0.25) is 0 Å². The fourth-order valence-electron chi connectivity index (χ4n) is 0.648. The molecule has 1 radical (unpaired) electrons. The zero-order valence-corrected chi connectivity index (χ0v) is 5.59. The molecule has 0 saturated carbocycles. The molecule has 5 heteroatoms. The zero-order valence-electron chi connectivity index (χ0n) is 5.59. The Kier molecular flexibility index (Phi) is 2.53. The Morgan fingerprint density at radius 3 is 2.91 bits per heavy atom. The van der Waals surface area contributed by atoms with Crippen LogP contribution in [0.25, 0.3) is 0 Å². The summed E-state index contributed by atoms with van der Waals surface area (Å²) >= 11 is 0. The number of halogens is 2. The Morgan fingerprint density at radius 1 is 1.73 bits per heavy atom. The van der Waals surface area contributed by atoms with E-state index in [1.54, 1.807) is 0 Å². The summed E-state index contributed by atoms with van der Waals surface area (Å²) in [6, 6.07) is 0. The molecule has 1 atom stereocenters. The smallest absolute Gasteiger partial charge is 0.271 e. The molecule has 0 aromatic rings. The quantitative estimate of drug-likeness (QED) is 0.595. The highest BCUT2D eigenvalue weighted by Gasteiger charge is 2.23. The van der Waals surface area contributed by atoms with Gasteiger partial charge in [0.15, 0.2) is 6.10 Å². The Morgan fingerprint density at radius 2 is 2.45 bits per heavy atom. The third kappa shape index (κ3) is 1.98. The maximum Gasteiger partial charge on any atom is 0.271 e. The molecule has 1 unspecified atom stereocenters. The molecule has 0 spiro atoms. The van der Waals surface area contributed by atoms with Crippen LogP contribution in [0.1, 0.15) is 0 Å². The molecule has 0 aromatic carbocycles. The molecule has 11 heavy (non-hydrogen) atoms. The van der Waals surface area contributed by atoms with E-state index < -0.39 is 12.5 Å². The number of hydrogen-bond acceptors (Lipinski definition) is 3. The first-order chi connectivity index (χ1) is 5.22. The predicted molar refractivity (Wildman–Crippen MR) is 35.3 cm³/mol. The van der Waals surface area contributed by atoms with Crippen LogP contribution in [0.3, 0.4) is 0 Å². The molecule has 1 aliphatic heterocycles. The number of aliphatic imine (C=N–C) groups is 1. The van der Waals surface area contributed by atoms with Crippen LogP contribution >= 0.6 is 0 Å².